The lowest BCUT2D eigenvalue weighted by molar-refractivity contribution is -0.0197. The van der Waals surface area contributed by atoms with Crippen molar-refractivity contribution < 1.29 is 9.84 Å². The van der Waals surface area contributed by atoms with Crippen LogP contribution in [0.3, 0.4) is 0 Å². The molecule has 0 saturated carbocycles. The lowest BCUT2D eigenvalue weighted by atomic mass is 10.1. The number of anilines is 2. The molecule has 0 aliphatic carbocycles. The van der Waals surface area contributed by atoms with Crippen molar-refractivity contribution in [2.24, 2.45) is 0 Å². The Balaban J connectivity index is 1.48. The molecule has 1 fully saturated rings. The minimum absolute atomic E-state index is 0.000103. The van der Waals surface area contributed by atoms with Crippen LogP contribution in [0.4, 0.5) is 11.8 Å². The van der Waals surface area contributed by atoms with Crippen LogP contribution in [0.25, 0.3) is 21.9 Å². The van der Waals surface area contributed by atoms with Gasteiger partial charge < -0.3 is 20.9 Å². The fourth-order valence-corrected chi connectivity index (χ4v) is 3.86. The molecule has 1 aliphatic rings. The first-order valence-electron chi connectivity index (χ1n) is 9.69. The molecule has 0 bridgehead atoms. The second-order valence-corrected chi connectivity index (χ2v) is 7.24. The van der Waals surface area contributed by atoms with Crippen LogP contribution in [0, 0.1) is 0 Å². The predicted molar refractivity (Wildman–Crippen MR) is 111 cm³/mol. The Hall–Kier alpha value is -3.23. The van der Waals surface area contributed by atoms with Crippen molar-refractivity contribution in [3.8, 4) is 0 Å². The first kappa shape index (κ1) is 17.8. The highest BCUT2D eigenvalue weighted by Gasteiger charge is 2.30. The summed E-state index contributed by atoms with van der Waals surface area (Å²) in [7, 11) is 0. The maximum Gasteiger partial charge on any atom is 0.207 e. The number of nitrogens with one attached hydrogen (secondary N) is 1. The van der Waals surface area contributed by atoms with Crippen LogP contribution < -0.4 is 11.1 Å². The molecule has 0 amide bonds. The molecule has 8 nitrogen and oxygen atoms in total. The number of ether oxygens (including phenoxy) is 1. The Morgan fingerprint density at radius 1 is 1.14 bits per heavy atom. The standard InChI is InChI=1S/C21H22N6O2/c22-19-18-20(25-12-24-19)27(17-8-7-16(11-28)29-17)21(26-18)23-10-13-5-6-14-3-1-2-4-15(14)9-13/h1-6,9,12,16-17,28H,7-8,10-11H2,(H,23,26)(H2,22,24,25)/t16-,17+/m0/s1. The number of aliphatic hydroxyl groups is 1. The summed E-state index contributed by atoms with van der Waals surface area (Å²) in [4.78, 5) is 13.1. The van der Waals surface area contributed by atoms with E-state index in [4.69, 9.17) is 10.5 Å². The van der Waals surface area contributed by atoms with Gasteiger partial charge in [-0.2, -0.15) is 0 Å². The number of rotatable bonds is 5. The van der Waals surface area contributed by atoms with E-state index in [9.17, 15) is 5.11 Å². The highest BCUT2D eigenvalue weighted by atomic mass is 16.5. The zero-order valence-electron chi connectivity index (χ0n) is 15.8. The van der Waals surface area contributed by atoms with Crippen molar-refractivity contribution in [2.75, 3.05) is 17.7 Å². The molecule has 8 heteroatoms. The number of nitrogen functional groups attached to an aromatic ring is 1. The van der Waals surface area contributed by atoms with Gasteiger partial charge >= 0.3 is 0 Å². The van der Waals surface area contributed by atoms with Gasteiger partial charge in [0.2, 0.25) is 5.95 Å². The molecular weight excluding hydrogens is 368 g/mol. The number of aliphatic hydroxyl groups excluding tert-OH is 1. The third-order valence-corrected chi connectivity index (χ3v) is 5.35. The van der Waals surface area contributed by atoms with Gasteiger partial charge in [-0.3, -0.25) is 4.57 Å². The fourth-order valence-electron chi connectivity index (χ4n) is 3.86. The number of hydrogen-bond donors (Lipinski definition) is 3. The smallest absolute Gasteiger partial charge is 0.207 e. The first-order chi connectivity index (χ1) is 14.2. The normalized spacial score (nSPS) is 19.2. The van der Waals surface area contributed by atoms with E-state index < -0.39 is 0 Å². The van der Waals surface area contributed by atoms with E-state index >= 15 is 0 Å². The number of hydrogen-bond acceptors (Lipinski definition) is 7. The summed E-state index contributed by atoms with van der Waals surface area (Å²) in [5, 5.41) is 15.2. The second-order valence-electron chi connectivity index (χ2n) is 7.24. The van der Waals surface area contributed by atoms with Crippen molar-refractivity contribution in [1.82, 2.24) is 19.5 Å². The molecule has 1 aliphatic heterocycles. The molecule has 29 heavy (non-hydrogen) atoms. The molecule has 148 valence electrons. The number of imidazole rings is 1. The lowest BCUT2D eigenvalue weighted by Crippen LogP contribution is -2.17. The van der Waals surface area contributed by atoms with E-state index in [1.807, 2.05) is 16.7 Å². The van der Waals surface area contributed by atoms with Crippen molar-refractivity contribution in [2.45, 2.75) is 31.7 Å². The quantitative estimate of drug-likeness (QED) is 0.480. The SMILES string of the molecule is Nc1ncnc2c1nc(NCc1ccc3ccccc3c1)n2[C@H]1CC[C@@H](CO)O1. The molecule has 0 spiro atoms. The van der Waals surface area contributed by atoms with Crippen LogP contribution in [0.15, 0.2) is 48.8 Å². The topological polar surface area (TPSA) is 111 Å². The van der Waals surface area contributed by atoms with Gasteiger partial charge in [-0.05, 0) is 35.2 Å². The van der Waals surface area contributed by atoms with Gasteiger partial charge in [0.15, 0.2) is 17.0 Å². The van der Waals surface area contributed by atoms with Crippen LogP contribution in [0.1, 0.15) is 24.6 Å². The number of nitrogens with two attached hydrogens (primary N) is 1. The van der Waals surface area contributed by atoms with E-state index in [2.05, 4.69) is 50.6 Å². The molecule has 3 heterocycles. The van der Waals surface area contributed by atoms with Gasteiger partial charge in [-0.25, -0.2) is 15.0 Å². The molecule has 4 N–H and O–H groups in total. The van der Waals surface area contributed by atoms with E-state index in [0.717, 1.165) is 18.4 Å². The predicted octanol–water partition coefficient (Wildman–Crippen LogP) is 2.84. The number of aromatic nitrogens is 4. The van der Waals surface area contributed by atoms with Gasteiger partial charge in [0.25, 0.3) is 0 Å². The third-order valence-electron chi connectivity index (χ3n) is 5.35. The Bertz CT molecular complexity index is 1170. The van der Waals surface area contributed by atoms with E-state index in [-0.39, 0.29) is 18.9 Å². The Morgan fingerprint density at radius 2 is 2.00 bits per heavy atom. The summed E-state index contributed by atoms with van der Waals surface area (Å²) in [6.07, 6.45) is 2.55. The Kier molecular flexibility index (Phi) is 4.49. The molecule has 5 rings (SSSR count). The van der Waals surface area contributed by atoms with Crippen LogP contribution in [0.2, 0.25) is 0 Å². The van der Waals surface area contributed by atoms with Gasteiger partial charge in [-0.1, -0.05) is 36.4 Å². The molecule has 0 unspecified atom stereocenters. The van der Waals surface area contributed by atoms with Crippen LogP contribution in [0.5, 0.6) is 0 Å². The van der Waals surface area contributed by atoms with Crippen molar-refractivity contribution in [1.29, 1.82) is 0 Å². The van der Waals surface area contributed by atoms with Gasteiger partial charge in [0.05, 0.1) is 12.7 Å². The summed E-state index contributed by atoms with van der Waals surface area (Å²) < 4.78 is 7.91. The number of fused-ring (bicyclic) bond motifs is 2. The summed E-state index contributed by atoms with van der Waals surface area (Å²) in [5.41, 5.74) is 8.34. The summed E-state index contributed by atoms with van der Waals surface area (Å²) in [5.74, 6) is 0.961. The maximum atomic E-state index is 9.44. The largest absolute Gasteiger partial charge is 0.394 e. The summed E-state index contributed by atoms with van der Waals surface area (Å²) >= 11 is 0. The van der Waals surface area contributed by atoms with E-state index in [0.29, 0.717) is 29.5 Å². The number of nitrogens with zero attached hydrogens (tertiary/aromatic N) is 4. The zero-order valence-corrected chi connectivity index (χ0v) is 15.8. The van der Waals surface area contributed by atoms with Gasteiger partial charge in [0, 0.05) is 6.54 Å². The molecule has 2 aromatic carbocycles. The van der Waals surface area contributed by atoms with Crippen molar-refractivity contribution in [3.05, 3.63) is 54.4 Å². The van der Waals surface area contributed by atoms with E-state index in [1.165, 1.54) is 17.1 Å². The van der Waals surface area contributed by atoms with Gasteiger partial charge in [-0.15, -0.1) is 0 Å². The average molecular weight is 390 g/mol. The van der Waals surface area contributed by atoms with Crippen LogP contribution >= 0.6 is 0 Å². The average Bonchev–Trinajstić information content (AvgIpc) is 3.37. The monoisotopic (exact) mass is 390 g/mol. The fraction of sp³-hybridized carbons (Fsp3) is 0.286. The molecule has 1 saturated heterocycles. The van der Waals surface area contributed by atoms with E-state index in [1.54, 1.807) is 0 Å². The summed E-state index contributed by atoms with van der Waals surface area (Å²) in [6, 6.07) is 14.7. The highest BCUT2D eigenvalue weighted by molar-refractivity contribution is 5.84. The Labute approximate surface area is 167 Å². The van der Waals surface area contributed by atoms with Crippen molar-refractivity contribution >= 4 is 33.7 Å². The number of benzene rings is 2. The first-order valence-corrected chi connectivity index (χ1v) is 9.69. The van der Waals surface area contributed by atoms with Crippen LogP contribution in [-0.2, 0) is 11.3 Å². The minimum Gasteiger partial charge on any atom is -0.394 e. The molecular formula is C21H22N6O2. The lowest BCUT2D eigenvalue weighted by Gasteiger charge is -2.17. The minimum atomic E-state index is -0.259. The second kappa shape index (κ2) is 7.31. The van der Waals surface area contributed by atoms with Gasteiger partial charge in [0.1, 0.15) is 12.6 Å². The summed E-state index contributed by atoms with van der Waals surface area (Å²) in [6.45, 7) is 0.595. The molecule has 2 aromatic heterocycles. The van der Waals surface area contributed by atoms with Crippen LogP contribution in [-0.4, -0.2) is 37.3 Å². The maximum absolute atomic E-state index is 9.44. The van der Waals surface area contributed by atoms with Crippen molar-refractivity contribution in [3.63, 3.8) is 0 Å². The molecule has 2 atom stereocenters. The zero-order chi connectivity index (χ0) is 19.8. The highest BCUT2D eigenvalue weighted by Crippen LogP contribution is 2.34. The molecule has 0 radical (unpaired) electrons. The molecule has 4 aromatic rings. The Morgan fingerprint density at radius 3 is 2.83 bits per heavy atom. The third kappa shape index (κ3) is 3.26.